The maximum Gasteiger partial charge on any atom is 0.343 e. The SMILES string of the molecule is CC(=NNC(=O)C(=O)Nc1ccc(F)c(Cl)c1)c1ccc(OC(=O)c2cccc(Cl)c2)cc1. The van der Waals surface area contributed by atoms with E-state index in [1.165, 1.54) is 18.2 Å². The van der Waals surface area contributed by atoms with Gasteiger partial charge in [-0.05, 0) is 73.2 Å². The van der Waals surface area contributed by atoms with Crippen molar-refractivity contribution in [2.24, 2.45) is 5.10 Å². The lowest BCUT2D eigenvalue weighted by Crippen LogP contribution is -2.32. The van der Waals surface area contributed by atoms with E-state index in [4.69, 9.17) is 27.9 Å². The highest BCUT2D eigenvalue weighted by molar-refractivity contribution is 6.40. The molecule has 0 radical (unpaired) electrons. The molecule has 0 atom stereocenters. The van der Waals surface area contributed by atoms with Gasteiger partial charge in [-0.2, -0.15) is 5.10 Å². The molecule has 2 amide bonds. The first-order valence-electron chi connectivity index (χ1n) is 9.42. The lowest BCUT2D eigenvalue weighted by Gasteiger charge is -2.07. The number of amides is 2. The zero-order valence-electron chi connectivity index (χ0n) is 17.1. The van der Waals surface area contributed by atoms with Crippen LogP contribution in [0.3, 0.4) is 0 Å². The van der Waals surface area contributed by atoms with Crippen molar-refractivity contribution in [3.05, 3.63) is 93.7 Å². The molecular formula is C23H16Cl2FN3O4. The Bertz CT molecular complexity index is 1250. The maximum absolute atomic E-state index is 13.2. The molecule has 0 saturated carbocycles. The molecule has 0 aliphatic carbocycles. The summed E-state index contributed by atoms with van der Waals surface area (Å²) < 4.78 is 18.5. The van der Waals surface area contributed by atoms with Gasteiger partial charge < -0.3 is 10.1 Å². The van der Waals surface area contributed by atoms with Crippen LogP contribution >= 0.6 is 23.2 Å². The quantitative estimate of drug-likeness (QED) is 0.177. The highest BCUT2D eigenvalue weighted by Gasteiger charge is 2.14. The molecule has 0 spiro atoms. The van der Waals surface area contributed by atoms with Gasteiger partial charge in [-0.15, -0.1) is 0 Å². The summed E-state index contributed by atoms with van der Waals surface area (Å²) in [6.07, 6.45) is 0. The highest BCUT2D eigenvalue weighted by Crippen LogP contribution is 2.19. The summed E-state index contributed by atoms with van der Waals surface area (Å²) in [6, 6.07) is 16.3. The summed E-state index contributed by atoms with van der Waals surface area (Å²) in [4.78, 5) is 36.1. The van der Waals surface area contributed by atoms with Crippen molar-refractivity contribution in [3.63, 3.8) is 0 Å². The number of nitrogens with one attached hydrogen (secondary N) is 2. The number of hydrogen-bond acceptors (Lipinski definition) is 5. The molecule has 0 aromatic heterocycles. The molecule has 0 heterocycles. The Morgan fingerprint density at radius 1 is 0.909 bits per heavy atom. The number of carbonyl (C=O) groups excluding carboxylic acids is 3. The van der Waals surface area contributed by atoms with Gasteiger partial charge in [0, 0.05) is 10.7 Å². The van der Waals surface area contributed by atoms with E-state index in [1.807, 2.05) is 0 Å². The zero-order chi connectivity index (χ0) is 24.0. The van der Waals surface area contributed by atoms with Crippen LogP contribution in [0.2, 0.25) is 10.0 Å². The molecule has 3 aromatic carbocycles. The van der Waals surface area contributed by atoms with Crippen LogP contribution in [-0.2, 0) is 9.59 Å². The number of benzene rings is 3. The Kier molecular flexibility index (Phi) is 7.76. The van der Waals surface area contributed by atoms with Crippen molar-refractivity contribution in [2.75, 3.05) is 5.32 Å². The van der Waals surface area contributed by atoms with E-state index in [-0.39, 0.29) is 10.7 Å². The number of carbonyl (C=O) groups is 3. The van der Waals surface area contributed by atoms with E-state index in [0.717, 1.165) is 6.07 Å². The van der Waals surface area contributed by atoms with Crippen LogP contribution in [-0.4, -0.2) is 23.5 Å². The van der Waals surface area contributed by atoms with Crippen LogP contribution in [0.15, 0.2) is 71.8 Å². The second-order valence-corrected chi connectivity index (χ2v) is 7.49. The molecule has 10 heteroatoms. The Morgan fingerprint density at radius 3 is 2.30 bits per heavy atom. The van der Waals surface area contributed by atoms with Crippen LogP contribution in [0, 0.1) is 5.82 Å². The van der Waals surface area contributed by atoms with Crippen LogP contribution in [0.5, 0.6) is 5.75 Å². The average Bonchev–Trinajstić information content (AvgIpc) is 2.80. The first-order valence-corrected chi connectivity index (χ1v) is 10.2. The third kappa shape index (κ3) is 6.61. The van der Waals surface area contributed by atoms with E-state index in [9.17, 15) is 18.8 Å². The minimum Gasteiger partial charge on any atom is -0.423 e. The minimum absolute atomic E-state index is 0.158. The van der Waals surface area contributed by atoms with Gasteiger partial charge in [-0.25, -0.2) is 14.6 Å². The number of halogens is 3. The van der Waals surface area contributed by atoms with Gasteiger partial charge in [0.2, 0.25) is 0 Å². The molecule has 2 N–H and O–H groups in total. The van der Waals surface area contributed by atoms with Gasteiger partial charge in [0.05, 0.1) is 16.3 Å². The van der Waals surface area contributed by atoms with Gasteiger partial charge >= 0.3 is 17.8 Å². The molecule has 0 aliphatic heterocycles. The molecule has 0 saturated heterocycles. The van der Waals surface area contributed by atoms with Crippen molar-refractivity contribution in [3.8, 4) is 5.75 Å². The highest BCUT2D eigenvalue weighted by atomic mass is 35.5. The number of nitrogens with zero attached hydrogens (tertiary/aromatic N) is 1. The summed E-state index contributed by atoms with van der Waals surface area (Å²) in [7, 11) is 0. The summed E-state index contributed by atoms with van der Waals surface area (Å²) in [5.41, 5.74) is 3.61. The summed E-state index contributed by atoms with van der Waals surface area (Å²) in [5.74, 6) is -2.93. The number of hydrogen-bond donors (Lipinski definition) is 2. The fourth-order valence-electron chi connectivity index (χ4n) is 2.56. The molecular weight excluding hydrogens is 472 g/mol. The molecule has 3 aromatic rings. The number of ether oxygens (including phenoxy) is 1. The smallest absolute Gasteiger partial charge is 0.343 e. The van der Waals surface area contributed by atoms with Gasteiger partial charge in [0.15, 0.2) is 0 Å². The second kappa shape index (κ2) is 10.7. The van der Waals surface area contributed by atoms with Crippen molar-refractivity contribution in [1.29, 1.82) is 0 Å². The number of anilines is 1. The third-order valence-corrected chi connectivity index (χ3v) is 4.78. The number of esters is 1. The predicted octanol–water partition coefficient (Wildman–Crippen LogP) is 4.83. The molecule has 0 fully saturated rings. The van der Waals surface area contributed by atoms with E-state index in [1.54, 1.807) is 49.4 Å². The molecule has 0 unspecified atom stereocenters. The summed E-state index contributed by atoms with van der Waals surface area (Å²) in [6.45, 7) is 1.62. The van der Waals surface area contributed by atoms with Crippen molar-refractivity contribution in [2.45, 2.75) is 6.92 Å². The third-order valence-electron chi connectivity index (χ3n) is 4.25. The zero-order valence-corrected chi connectivity index (χ0v) is 18.6. The normalized spacial score (nSPS) is 11.0. The molecule has 0 bridgehead atoms. The Labute approximate surface area is 198 Å². The average molecular weight is 488 g/mol. The van der Waals surface area contributed by atoms with E-state index in [0.29, 0.717) is 27.6 Å². The standard InChI is InChI=1S/C23H16Cl2FN3O4/c1-13(28-29-22(31)21(30)27-17-7-10-20(26)19(25)12-17)14-5-8-18(9-6-14)33-23(32)15-3-2-4-16(24)11-15/h2-12H,1H3,(H,27,30)(H,29,31). The molecule has 0 aliphatic rings. The van der Waals surface area contributed by atoms with Crippen LogP contribution in [0.25, 0.3) is 0 Å². The van der Waals surface area contributed by atoms with Crippen molar-refractivity contribution in [1.82, 2.24) is 5.43 Å². The Hall–Kier alpha value is -3.75. The lowest BCUT2D eigenvalue weighted by molar-refractivity contribution is -0.136. The van der Waals surface area contributed by atoms with Gasteiger partial charge in [0.25, 0.3) is 0 Å². The Morgan fingerprint density at radius 2 is 1.64 bits per heavy atom. The molecule has 7 nitrogen and oxygen atoms in total. The second-order valence-electron chi connectivity index (χ2n) is 6.65. The van der Waals surface area contributed by atoms with Crippen molar-refractivity contribution < 1.29 is 23.5 Å². The minimum atomic E-state index is -1.03. The Balaban J connectivity index is 1.57. The van der Waals surface area contributed by atoms with Gasteiger partial charge in [0.1, 0.15) is 11.6 Å². The first-order chi connectivity index (χ1) is 15.7. The lowest BCUT2D eigenvalue weighted by atomic mass is 10.1. The van der Waals surface area contributed by atoms with Gasteiger partial charge in [-0.1, -0.05) is 29.3 Å². The largest absolute Gasteiger partial charge is 0.423 e. The number of rotatable bonds is 5. The van der Waals surface area contributed by atoms with E-state index < -0.39 is 23.6 Å². The fraction of sp³-hybridized carbons (Fsp3) is 0.0435. The van der Waals surface area contributed by atoms with Crippen molar-refractivity contribution >= 4 is 52.4 Å². The summed E-state index contributed by atoms with van der Waals surface area (Å²) >= 11 is 11.5. The monoisotopic (exact) mass is 487 g/mol. The predicted molar refractivity (Wildman–Crippen MR) is 123 cm³/mol. The van der Waals surface area contributed by atoms with Gasteiger partial charge in [-0.3, -0.25) is 9.59 Å². The first kappa shape index (κ1) is 23.9. The molecule has 168 valence electrons. The van der Waals surface area contributed by atoms with Crippen LogP contribution < -0.4 is 15.5 Å². The number of hydrazone groups is 1. The van der Waals surface area contributed by atoms with Crippen LogP contribution in [0.1, 0.15) is 22.8 Å². The fourth-order valence-corrected chi connectivity index (χ4v) is 2.93. The van der Waals surface area contributed by atoms with Crippen LogP contribution in [0.4, 0.5) is 10.1 Å². The molecule has 33 heavy (non-hydrogen) atoms. The topological polar surface area (TPSA) is 96.9 Å². The maximum atomic E-state index is 13.2. The van der Waals surface area contributed by atoms with E-state index in [2.05, 4.69) is 15.8 Å². The molecule has 3 rings (SSSR count). The van der Waals surface area contributed by atoms with E-state index >= 15 is 0 Å². The summed E-state index contributed by atoms with van der Waals surface area (Å²) in [5, 5.41) is 6.40.